The largest absolute Gasteiger partial charge is 0.478 e. The Labute approximate surface area is 96.7 Å². The smallest absolute Gasteiger partial charge is 0.331 e. The molecule has 0 heterocycles. The number of carbonyl (C=O) groups is 1. The van der Waals surface area contributed by atoms with Crippen LogP contribution in [0.3, 0.4) is 0 Å². The summed E-state index contributed by atoms with van der Waals surface area (Å²) in [6.45, 7) is 0. The molecule has 1 N–H and O–H groups in total. The molecule has 15 heavy (non-hydrogen) atoms. The van der Waals surface area contributed by atoms with Crippen molar-refractivity contribution in [2.45, 2.75) is 19.3 Å². The molecule has 1 aliphatic rings. The molecule has 0 atom stereocenters. The van der Waals surface area contributed by atoms with Crippen LogP contribution in [0, 0.1) is 0 Å². The van der Waals surface area contributed by atoms with Gasteiger partial charge in [-0.15, -0.1) is 0 Å². The molecule has 2 nitrogen and oxygen atoms in total. The zero-order chi connectivity index (χ0) is 10.8. The Morgan fingerprint density at radius 2 is 1.87 bits per heavy atom. The van der Waals surface area contributed by atoms with Gasteiger partial charge in [-0.25, -0.2) is 4.79 Å². The maximum absolute atomic E-state index is 11.0. The molecule has 1 aromatic rings. The SMILES string of the molecule is O=C(O)C1=C(c2ccc(Br)cc2)CCC1. The van der Waals surface area contributed by atoms with Crippen LogP contribution in [0.1, 0.15) is 24.8 Å². The fourth-order valence-corrected chi connectivity index (χ4v) is 2.21. The molecule has 1 aromatic carbocycles. The molecule has 0 aromatic heterocycles. The van der Waals surface area contributed by atoms with E-state index < -0.39 is 5.97 Å². The van der Waals surface area contributed by atoms with E-state index in [9.17, 15) is 4.79 Å². The Kier molecular flexibility index (Phi) is 2.91. The topological polar surface area (TPSA) is 37.3 Å². The van der Waals surface area contributed by atoms with Crippen LogP contribution in [0.2, 0.25) is 0 Å². The minimum atomic E-state index is -0.773. The lowest BCUT2D eigenvalue weighted by molar-refractivity contribution is -0.132. The van der Waals surface area contributed by atoms with Gasteiger partial charge in [-0.1, -0.05) is 28.1 Å². The van der Waals surface area contributed by atoms with E-state index in [0.717, 1.165) is 28.5 Å². The molecule has 3 heteroatoms. The van der Waals surface area contributed by atoms with E-state index in [1.807, 2.05) is 24.3 Å². The molecule has 0 saturated carbocycles. The highest BCUT2D eigenvalue weighted by Crippen LogP contribution is 2.34. The van der Waals surface area contributed by atoms with Gasteiger partial charge in [0.25, 0.3) is 0 Å². The fourth-order valence-electron chi connectivity index (χ4n) is 1.95. The minimum Gasteiger partial charge on any atom is -0.478 e. The van der Waals surface area contributed by atoms with Gasteiger partial charge < -0.3 is 5.11 Å². The zero-order valence-electron chi connectivity index (χ0n) is 8.16. The first kappa shape index (κ1) is 10.4. The minimum absolute atomic E-state index is 0.581. The Morgan fingerprint density at radius 1 is 1.20 bits per heavy atom. The lowest BCUT2D eigenvalue weighted by Crippen LogP contribution is -1.99. The third-order valence-electron chi connectivity index (χ3n) is 2.67. The fraction of sp³-hybridized carbons (Fsp3) is 0.250. The van der Waals surface area contributed by atoms with Crippen LogP contribution in [0.25, 0.3) is 5.57 Å². The van der Waals surface area contributed by atoms with Gasteiger partial charge >= 0.3 is 5.97 Å². The van der Waals surface area contributed by atoms with Crippen molar-refractivity contribution < 1.29 is 9.90 Å². The van der Waals surface area contributed by atoms with Crippen molar-refractivity contribution in [1.29, 1.82) is 0 Å². The van der Waals surface area contributed by atoms with Gasteiger partial charge in [-0.05, 0) is 42.5 Å². The van der Waals surface area contributed by atoms with Crippen LogP contribution in [0.4, 0.5) is 0 Å². The average Bonchev–Trinajstić information content (AvgIpc) is 2.67. The summed E-state index contributed by atoms with van der Waals surface area (Å²) in [5.74, 6) is -0.773. The molecule has 0 spiro atoms. The molecule has 2 rings (SSSR count). The van der Waals surface area contributed by atoms with Crippen LogP contribution in [-0.4, -0.2) is 11.1 Å². The number of allylic oxidation sites excluding steroid dienone is 1. The Bertz CT molecular complexity index is 418. The van der Waals surface area contributed by atoms with E-state index in [0.29, 0.717) is 12.0 Å². The summed E-state index contributed by atoms with van der Waals surface area (Å²) in [5, 5.41) is 9.03. The Balaban J connectivity index is 2.41. The van der Waals surface area contributed by atoms with Crippen LogP contribution < -0.4 is 0 Å². The van der Waals surface area contributed by atoms with Crippen molar-refractivity contribution in [2.75, 3.05) is 0 Å². The molecule has 0 unspecified atom stereocenters. The number of rotatable bonds is 2. The van der Waals surface area contributed by atoms with Gasteiger partial charge in [0.05, 0.1) is 0 Å². The van der Waals surface area contributed by atoms with Crippen molar-refractivity contribution >= 4 is 27.5 Å². The highest BCUT2D eigenvalue weighted by atomic mass is 79.9. The molecular formula is C12H11BrO2. The molecule has 0 aliphatic heterocycles. The lowest BCUT2D eigenvalue weighted by atomic mass is 10.0. The van der Waals surface area contributed by atoms with Crippen LogP contribution in [0.15, 0.2) is 34.3 Å². The third kappa shape index (κ3) is 2.12. The number of hydrogen-bond acceptors (Lipinski definition) is 1. The standard InChI is InChI=1S/C12H11BrO2/c13-9-6-4-8(5-7-9)10-2-1-3-11(10)12(14)15/h4-7H,1-3H2,(H,14,15). The van der Waals surface area contributed by atoms with Crippen LogP contribution in [-0.2, 0) is 4.79 Å². The lowest BCUT2D eigenvalue weighted by Gasteiger charge is -2.04. The number of aliphatic carboxylic acids is 1. The van der Waals surface area contributed by atoms with Gasteiger partial charge in [0.15, 0.2) is 0 Å². The van der Waals surface area contributed by atoms with Gasteiger partial charge in [-0.2, -0.15) is 0 Å². The summed E-state index contributed by atoms with van der Waals surface area (Å²) >= 11 is 3.37. The predicted octanol–water partition coefficient (Wildman–Crippen LogP) is 3.47. The Hall–Kier alpha value is -1.09. The van der Waals surface area contributed by atoms with E-state index in [1.165, 1.54) is 0 Å². The van der Waals surface area contributed by atoms with Gasteiger partial charge in [0.2, 0.25) is 0 Å². The summed E-state index contributed by atoms with van der Waals surface area (Å²) in [5.41, 5.74) is 2.61. The van der Waals surface area contributed by atoms with E-state index in [4.69, 9.17) is 5.11 Å². The van der Waals surface area contributed by atoms with E-state index in [1.54, 1.807) is 0 Å². The zero-order valence-corrected chi connectivity index (χ0v) is 9.75. The quantitative estimate of drug-likeness (QED) is 0.890. The van der Waals surface area contributed by atoms with Crippen molar-refractivity contribution in [1.82, 2.24) is 0 Å². The monoisotopic (exact) mass is 266 g/mol. The summed E-state index contributed by atoms with van der Waals surface area (Å²) in [6, 6.07) is 7.82. The predicted molar refractivity (Wildman–Crippen MR) is 62.5 cm³/mol. The van der Waals surface area contributed by atoms with Crippen LogP contribution in [0.5, 0.6) is 0 Å². The number of hydrogen-bond donors (Lipinski definition) is 1. The molecule has 0 saturated heterocycles. The molecule has 0 radical (unpaired) electrons. The van der Waals surface area contributed by atoms with E-state index in [-0.39, 0.29) is 0 Å². The second-order valence-electron chi connectivity index (χ2n) is 3.62. The summed E-state index contributed by atoms with van der Waals surface area (Å²) in [4.78, 5) is 11.0. The second kappa shape index (κ2) is 4.19. The van der Waals surface area contributed by atoms with Crippen molar-refractivity contribution in [2.24, 2.45) is 0 Å². The first-order chi connectivity index (χ1) is 7.18. The highest BCUT2D eigenvalue weighted by Gasteiger charge is 2.20. The molecule has 78 valence electrons. The highest BCUT2D eigenvalue weighted by molar-refractivity contribution is 9.10. The van der Waals surface area contributed by atoms with E-state index in [2.05, 4.69) is 15.9 Å². The first-order valence-corrected chi connectivity index (χ1v) is 5.69. The van der Waals surface area contributed by atoms with Crippen molar-refractivity contribution in [3.05, 3.63) is 39.9 Å². The molecule has 0 fully saturated rings. The summed E-state index contributed by atoms with van der Waals surface area (Å²) < 4.78 is 1.02. The summed E-state index contributed by atoms with van der Waals surface area (Å²) in [6.07, 6.45) is 2.52. The van der Waals surface area contributed by atoms with Crippen LogP contribution >= 0.6 is 15.9 Å². The number of halogens is 1. The van der Waals surface area contributed by atoms with Gasteiger partial charge in [-0.3, -0.25) is 0 Å². The number of carboxylic acids is 1. The first-order valence-electron chi connectivity index (χ1n) is 4.90. The molecule has 0 amide bonds. The second-order valence-corrected chi connectivity index (χ2v) is 4.54. The maximum atomic E-state index is 11.0. The molecular weight excluding hydrogens is 256 g/mol. The molecule has 0 bridgehead atoms. The van der Waals surface area contributed by atoms with Crippen molar-refractivity contribution in [3.8, 4) is 0 Å². The van der Waals surface area contributed by atoms with E-state index >= 15 is 0 Å². The average molecular weight is 267 g/mol. The number of carboxylic acid groups (broad SMARTS) is 1. The maximum Gasteiger partial charge on any atom is 0.331 e. The van der Waals surface area contributed by atoms with Gasteiger partial charge in [0.1, 0.15) is 0 Å². The Morgan fingerprint density at radius 3 is 2.47 bits per heavy atom. The molecule has 1 aliphatic carbocycles. The van der Waals surface area contributed by atoms with Gasteiger partial charge in [0, 0.05) is 10.0 Å². The normalized spacial score (nSPS) is 15.8. The third-order valence-corrected chi connectivity index (χ3v) is 3.20. The van der Waals surface area contributed by atoms with Crippen molar-refractivity contribution in [3.63, 3.8) is 0 Å². The summed E-state index contributed by atoms with van der Waals surface area (Å²) in [7, 11) is 0. The number of benzene rings is 1.